The Bertz CT molecular complexity index is 2610. The number of amides is 1. The number of nitrogens with zero attached hydrogens (tertiary/aromatic N) is 9. The summed E-state index contributed by atoms with van der Waals surface area (Å²) in [4.78, 5) is 87.8. The van der Waals surface area contributed by atoms with Crippen molar-refractivity contribution in [2.75, 3.05) is 30.4 Å². The number of carbonyl (C=O) groups is 2. The molecule has 364 valence electrons. The second-order valence-electron chi connectivity index (χ2n) is 15.4. The molecule has 10 N–H and O–H groups in total. The number of fused-ring (bicyclic) bond motifs is 1. The molecule has 2 unspecified atom stereocenters. The number of phosphoric acid groups is 2. The molecule has 0 saturated carbocycles. The van der Waals surface area contributed by atoms with Crippen LogP contribution in [0.3, 0.4) is 0 Å². The van der Waals surface area contributed by atoms with E-state index in [0.29, 0.717) is 11.3 Å². The number of esters is 1. The molecule has 0 radical (unpaired) electrons. The molecule has 6 rings (SSSR count). The van der Waals surface area contributed by atoms with Crippen LogP contribution >= 0.6 is 37.2 Å². The highest BCUT2D eigenvalue weighted by molar-refractivity contribution is 8.77. The molecule has 5 heterocycles. The number of ether oxygens (including phenoxy) is 4. The van der Waals surface area contributed by atoms with Gasteiger partial charge in [-0.05, 0) is 17.2 Å². The van der Waals surface area contributed by atoms with Crippen LogP contribution in [-0.2, 0) is 53.1 Å². The topological polar surface area (TPSA) is 425 Å². The maximum absolute atomic E-state index is 14.0. The zero-order valence-corrected chi connectivity index (χ0v) is 38.6. The first-order valence-corrected chi connectivity index (χ1v) is 24.8. The van der Waals surface area contributed by atoms with Crippen molar-refractivity contribution in [3.05, 3.63) is 75.7 Å². The number of nitrogens with two attached hydrogens (primary N) is 2. The summed E-state index contributed by atoms with van der Waals surface area (Å²) in [7, 11) is -8.07. The number of alkyl carbamates (subject to hydrolysis) is 1. The van der Waals surface area contributed by atoms with Gasteiger partial charge in [-0.15, -0.1) is 0 Å². The predicted octanol–water partition coefficient (Wildman–Crippen LogP) is 1.70. The number of aliphatic hydroxyl groups is 2. The molecule has 2 saturated heterocycles. The Balaban J connectivity index is 1.22. The normalized spacial score (nSPS) is 24.4. The molecule has 10 atom stereocenters. The third kappa shape index (κ3) is 13.6. The van der Waals surface area contributed by atoms with Crippen molar-refractivity contribution in [3.63, 3.8) is 0 Å². The molecular formula is C34H44N12O17P2S2. The van der Waals surface area contributed by atoms with Crippen molar-refractivity contribution in [1.82, 2.24) is 34.4 Å². The zero-order valence-electron chi connectivity index (χ0n) is 35.2. The van der Waals surface area contributed by atoms with Crippen molar-refractivity contribution >= 4 is 77.8 Å². The zero-order chi connectivity index (χ0) is 48.8. The highest BCUT2D eigenvalue weighted by Gasteiger charge is 2.52. The smallest absolute Gasteiger partial charge is 0.455 e. The second-order valence-corrected chi connectivity index (χ2v) is 21.2. The maximum atomic E-state index is 14.0. The van der Waals surface area contributed by atoms with Crippen molar-refractivity contribution in [2.45, 2.75) is 87.2 Å². The number of aliphatic hydroxyl groups excluding tert-OH is 2. The van der Waals surface area contributed by atoms with Gasteiger partial charge < -0.3 is 60.6 Å². The SMILES string of the molecule is CC(C)(C)SSCC(NC(=O)OCc1ccc(N=[N+]=[N-])cc1)C(=O)O[C@H]1[C@@H](O)[C@H](n2cnc3c(N)ncnc32)O[C@H]1COP(=O)(O)O[C@H]1[C@@H](O)[C@H](n2ccc(N)nc2=O)O[C@@H]1COP(=O)(O)O. The first-order valence-electron chi connectivity index (χ1n) is 19.4. The van der Waals surface area contributed by atoms with Gasteiger partial charge in [-0.1, -0.05) is 71.7 Å². The summed E-state index contributed by atoms with van der Waals surface area (Å²) in [6.45, 7) is 3.46. The second kappa shape index (κ2) is 21.6. The Kier molecular flexibility index (Phi) is 16.6. The number of hydrogen-bond acceptors (Lipinski definition) is 23. The van der Waals surface area contributed by atoms with Crippen molar-refractivity contribution in [3.8, 4) is 0 Å². The van der Waals surface area contributed by atoms with E-state index in [0.717, 1.165) is 17.1 Å². The van der Waals surface area contributed by atoms with Crippen LogP contribution in [0.15, 0.2) is 59.1 Å². The molecule has 4 aromatic rings. The third-order valence-electron chi connectivity index (χ3n) is 9.31. The van der Waals surface area contributed by atoms with E-state index >= 15 is 0 Å². The van der Waals surface area contributed by atoms with Gasteiger partial charge in [0.25, 0.3) is 0 Å². The van der Waals surface area contributed by atoms with Crippen LogP contribution in [-0.4, -0.2) is 132 Å². The molecule has 1 amide bonds. The highest BCUT2D eigenvalue weighted by Crippen LogP contribution is 2.50. The standard InChI is InChI=1S/C34H44N12O17P2S2/c1-34(2,3)67-66-13-18(41-33(51)57-10-16-4-6-17(7-5-16)43-44-37)31(49)62-25-19(60-30(23(25)47)46-15-40-22-27(36)38-14-39-28(22)46)12-59-65(55,56)63-26-20(11-58-64(52,53)54)61-29(24(26)48)45-9-8-21(35)42-32(45)50/h4-9,14-15,18-20,23-26,29-30,47-48H,10-13H2,1-3H3,(H,41,51)(H,55,56)(H2,35,42,50)(H2,36,38,39)(H2,52,53,54)/t18?,19-,20+,23+,24+,25+,26+,29+,30+/m0/s1. The third-order valence-corrected chi connectivity index (χ3v) is 14.1. The Morgan fingerprint density at radius 1 is 0.985 bits per heavy atom. The van der Waals surface area contributed by atoms with E-state index in [1.54, 1.807) is 12.1 Å². The number of imidazole rings is 1. The highest BCUT2D eigenvalue weighted by atomic mass is 33.1. The lowest BCUT2D eigenvalue weighted by atomic mass is 10.1. The molecule has 0 aliphatic carbocycles. The summed E-state index contributed by atoms with van der Waals surface area (Å²) in [6, 6.07) is 5.85. The van der Waals surface area contributed by atoms with Crippen LogP contribution < -0.4 is 22.5 Å². The number of azide groups is 1. The lowest BCUT2D eigenvalue weighted by Gasteiger charge is -2.26. The van der Waals surface area contributed by atoms with Gasteiger partial charge in [-0.25, -0.2) is 38.5 Å². The van der Waals surface area contributed by atoms with Gasteiger partial charge in [0.2, 0.25) is 0 Å². The molecule has 1 aromatic carbocycles. The fraction of sp³-hybridized carbons (Fsp3) is 0.500. The van der Waals surface area contributed by atoms with E-state index in [-0.39, 0.29) is 39.9 Å². The van der Waals surface area contributed by atoms with Gasteiger partial charge in [0, 0.05) is 27.3 Å². The summed E-state index contributed by atoms with van der Waals surface area (Å²) in [5.74, 6) is -1.43. The van der Waals surface area contributed by atoms with E-state index < -0.39 is 102 Å². The lowest BCUT2D eigenvalue weighted by molar-refractivity contribution is -0.158. The Morgan fingerprint density at radius 3 is 2.30 bits per heavy atom. The first-order chi connectivity index (χ1) is 31.5. The molecule has 29 nitrogen and oxygen atoms in total. The molecular weight excluding hydrogens is 975 g/mol. The first kappa shape index (κ1) is 51.5. The van der Waals surface area contributed by atoms with Gasteiger partial charge in [-0.3, -0.25) is 22.7 Å². The van der Waals surface area contributed by atoms with Crippen LogP contribution in [0, 0.1) is 0 Å². The quantitative estimate of drug-likeness (QED) is 0.0165. The van der Waals surface area contributed by atoms with Crippen molar-refractivity contribution in [1.29, 1.82) is 0 Å². The minimum absolute atomic E-state index is 0.0311. The summed E-state index contributed by atoms with van der Waals surface area (Å²) in [5.41, 5.74) is 20.1. The minimum Gasteiger partial charge on any atom is -0.455 e. The number of rotatable bonds is 19. The summed E-state index contributed by atoms with van der Waals surface area (Å²) >= 11 is 0. The van der Waals surface area contributed by atoms with Crippen LogP contribution in [0.1, 0.15) is 38.8 Å². The van der Waals surface area contributed by atoms with Gasteiger partial charge in [0.15, 0.2) is 30.0 Å². The molecule has 2 aliphatic heterocycles. The fourth-order valence-electron chi connectivity index (χ4n) is 6.35. The number of aromatic nitrogens is 6. The number of benzene rings is 1. The molecule has 67 heavy (non-hydrogen) atoms. The minimum atomic E-state index is -5.46. The molecule has 3 aromatic heterocycles. The molecule has 2 fully saturated rings. The Hall–Kier alpha value is -4.94. The number of hydrogen-bond donors (Lipinski definition) is 8. The van der Waals surface area contributed by atoms with Gasteiger partial charge in [0.05, 0.1) is 19.5 Å². The average Bonchev–Trinajstić information content (AvgIpc) is 3.91. The number of phosphoric ester groups is 2. The Labute approximate surface area is 385 Å². The summed E-state index contributed by atoms with van der Waals surface area (Å²) in [6.07, 6.45) is -11.8. The van der Waals surface area contributed by atoms with Crippen LogP contribution in [0.25, 0.3) is 21.6 Å². The maximum Gasteiger partial charge on any atom is 0.472 e. The summed E-state index contributed by atoms with van der Waals surface area (Å²) in [5, 5.41) is 28.9. The molecule has 0 bridgehead atoms. The van der Waals surface area contributed by atoms with E-state index in [4.69, 9.17) is 45.0 Å². The van der Waals surface area contributed by atoms with E-state index in [2.05, 4.69) is 39.8 Å². The summed E-state index contributed by atoms with van der Waals surface area (Å²) < 4.78 is 64.7. The fourth-order valence-corrected chi connectivity index (χ4v) is 10.1. The predicted molar refractivity (Wildman–Crippen MR) is 233 cm³/mol. The number of anilines is 2. The molecule has 33 heteroatoms. The van der Waals surface area contributed by atoms with Crippen LogP contribution in [0.5, 0.6) is 0 Å². The monoisotopic (exact) mass is 1020 g/mol. The van der Waals surface area contributed by atoms with Crippen LogP contribution in [0.4, 0.5) is 22.1 Å². The Morgan fingerprint density at radius 2 is 1.64 bits per heavy atom. The number of nitrogen functional groups attached to an aromatic ring is 2. The van der Waals surface area contributed by atoms with Gasteiger partial charge in [-0.2, -0.15) is 4.98 Å². The van der Waals surface area contributed by atoms with Gasteiger partial charge in [0.1, 0.15) is 60.8 Å². The van der Waals surface area contributed by atoms with Crippen molar-refractivity contribution in [2.24, 2.45) is 5.11 Å². The largest absolute Gasteiger partial charge is 0.472 e. The number of nitrogens with one attached hydrogen (secondary N) is 1. The molecule has 2 aliphatic rings. The van der Waals surface area contributed by atoms with Gasteiger partial charge >= 0.3 is 33.4 Å². The average molecular weight is 1020 g/mol. The van der Waals surface area contributed by atoms with E-state index in [9.17, 15) is 48.4 Å². The lowest BCUT2D eigenvalue weighted by Crippen LogP contribution is -2.48. The van der Waals surface area contributed by atoms with E-state index in [1.807, 2.05) is 20.8 Å². The van der Waals surface area contributed by atoms with Crippen molar-refractivity contribution < 1.29 is 76.1 Å². The number of carbonyl (C=O) groups excluding carboxylic acids is 2. The van der Waals surface area contributed by atoms with E-state index in [1.165, 1.54) is 50.7 Å². The molecule has 0 spiro atoms. The van der Waals surface area contributed by atoms with Crippen LogP contribution in [0.2, 0.25) is 0 Å².